The molecule has 0 rings (SSSR count). The van der Waals surface area contributed by atoms with E-state index >= 15 is 0 Å². The van der Waals surface area contributed by atoms with Crippen LogP contribution in [0, 0.1) is 0 Å². The molecular weight excluding hydrogens is 258 g/mol. The smallest absolute Gasteiger partial charge is 0.322 e. The van der Waals surface area contributed by atoms with E-state index in [4.69, 9.17) is 15.2 Å². The van der Waals surface area contributed by atoms with E-state index in [0.717, 1.165) is 38.5 Å². The highest BCUT2D eigenvalue weighted by atomic mass is 16.5. The van der Waals surface area contributed by atoms with Crippen LogP contribution in [0.2, 0.25) is 0 Å². The Hall–Kier alpha value is -1.10. The first-order chi connectivity index (χ1) is 9.61. The number of esters is 2. The molecule has 0 aromatic rings. The normalized spacial score (nSPS) is 11.9. The molecule has 5 heteroatoms. The van der Waals surface area contributed by atoms with E-state index in [1.54, 1.807) is 6.92 Å². The van der Waals surface area contributed by atoms with Gasteiger partial charge in [-0.15, -0.1) is 0 Å². The molecule has 0 fully saturated rings. The van der Waals surface area contributed by atoms with Crippen LogP contribution in [0.25, 0.3) is 0 Å². The zero-order valence-electron chi connectivity index (χ0n) is 12.9. The molecule has 20 heavy (non-hydrogen) atoms. The van der Waals surface area contributed by atoms with Gasteiger partial charge in [0.25, 0.3) is 0 Å². The zero-order valence-corrected chi connectivity index (χ0v) is 12.9. The summed E-state index contributed by atoms with van der Waals surface area (Å²) in [6, 6.07) is -0.487. The minimum Gasteiger partial charge on any atom is -0.466 e. The van der Waals surface area contributed by atoms with Gasteiger partial charge in [-0.05, 0) is 26.7 Å². The molecule has 0 radical (unpaired) electrons. The Morgan fingerprint density at radius 3 is 2.05 bits per heavy atom. The van der Waals surface area contributed by atoms with Gasteiger partial charge in [0, 0.05) is 6.42 Å². The minimum atomic E-state index is -0.487. The van der Waals surface area contributed by atoms with Gasteiger partial charge in [-0.2, -0.15) is 0 Å². The van der Waals surface area contributed by atoms with Crippen LogP contribution in [0.3, 0.4) is 0 Å². The summed E-state index contributed by atoms with van der Waals surface area (Å²) < 4.78 is 9.71. The van der Waals surface area contributed by atoms with Crippen LogP contribution in [-0.4, -0.2) is 31.2 Å². The Kier molecular flexibility index (Phi) is 12.2. The monoisotopic (exact) mass is 287 g/mol. The molecule has 0 amide bonds. The molecule has 0 bridgehead atoms. The fourth-order valence-electron chi connectivity index (χ4n) is 1.94. The average molecular weight is 287 g/mol. The van der Waals surface area contributed by atoms with Crippen LogP contribution in [-0.2, 0) is 19.1 Å². The largest absolute Gasteiger partial charge is 0.466 e. The van der Waals surface area contributed by atoms with E-state index in [0.29, 0.717) is 26.1 Å². The molecule has 0 heterocycles. The molecule has 0 spiro atoms. The van der Waals surface area contributed by atoms with Crippen molar-refractivity contribution in [1.29, 1.82) is 0 Å². The molecule has 118 valence electrons. The maximum absolute atomic E-state index is 11.3. The second kappa shape index (κ2) is 12.9. The fraction of sp³-hybridized carbons (Fsp3) is 0.867. The lowest BCUT2D eigenvalue weighted by Crippen LogP contribution is -2.32. The van der Waals surface area contributed by atoms with Gasteiger partial charge >= 0.3 is 11.9 Å². The van der Waals surface area contributed by atoms with Gasteiger partial charge in [0.05, 0.1) is 13.2 Å². The number of unbranched alkanes of at least 4 members (excludes halogenated alkanes) is 5. The van der Waals surface area contributed by atoms with Crippen molar-refractivity contribution in [1.82, 2.24) is 0 Å². The van der Waals surface area contributed by atoms with Crippen molar-refractivity contribution in [3.05, 3.63) is 0 Å². The van der Waals surface area contributed by atoms with Crippen molar-refractivity contribution in [2.75, 3.05) is 13.2 Å². The second-order valence-electron chi connectivity index (χ2n) is 4.82. The van der Waals surface area contributed by atoms with Crippen molar-refractivity contribution in [2.24, 2.45) is 5.73 Å². The number of rotatable bonds is 12. The first-order valence-electron chi connectivity index (χ1n) is 7.69. The summed E-state index contributed by atoms with van der Waals surface area (Å²) in [5.74, 6) is -0.408. The molecule has 0 aromatic heterocycles. The van der Waals surface area contributed by atoms with Crippen LogP contribution in [0.15, 0.2) is 0 Å². The van der Waals surface area contributed by atoms with Crippen LogP contribution >= 0.6 is 0 Å². The number of carbonyl (C=O) groups excluding carboxylic acids is 2. The number of hydrogen-bond donors (Lipinski definition) is 1. The Morgan fingerprint density at radius 2 is 1.45 bits per heavy atom. The third kappa shape index (κ3) is 10.8. The lowest BCUT2D eigenvalue weighted by molar-refractivity contribution is -0.145. The summed E-state index contributed by atoms with van der Waals surface area (Å²) in [5.41, 5.74) is 5.70. The van der Waals surface area contributed by atoms with Gasteiger partial charge < -0.3 is 15.2 Å². The van der Waals surface area contributed by atoms with Crippen molar-refractivity contribution in [2.45, 2.75) is 71.3 Å². The molecular formula is C15H29NO4. The average Bonchev–Trinajstić information content (AvgIpc) is 2.42. The summed E-state index contributed by atoms with van der Waals surface area (Å²) >= 11 is 0. The van der Waals surface area contributed by atoms with Crippen molar-refractivity contribution >= 4 is 11.9 Å². The Morgan fingerprint density at radius 1 is 0.900 bits per heavy atom. The maximum Gasteiger partial charge on any atom is 0.322 e. The molecule has 0 saturated heterocycles. The summed E-state index contributed by atoms with van der Waals surface area (Å²) in [5, 5.41) is 0. The summed E-state index contributed by atoms with van der Waals surface area (Å²) in [6.45, 7) is 4.44. The first-order valence-corrected chi connectivity index (χ1v) is 7.69. The molecule has 0 saturated carbocycles. The zero-order chi connectivity index (χ0) is 15.2. The molecule has 0 aliphatic rings. The minimum absolute atomic E-state index is 0.104. The fourth-order valence-corrected chi connectivity index (χ4v) is 1.94. The predicted molar refractivity (Wildman–Crippen MR) is 78.2 cm³/mol. The van der Waals surface area contributed by atoms with Crippen LogP contribution in [0.1, 0.15) is 65.2 Å². The van der Waals surface area contributed by atoms with Crippen LogP contribution in [0.5, 0.6) is 0 Å². The van der Waals surface area contributed by atoms with E-state index in [1.807, 2.05) is 6.92 Å². The first kappa shape index (κ1) is 18.9. The molecule has 5 nitrogen and oxygen atoms in total. The van der Waals surface area contributed by atoms with E-state index in [1.165, 1.54) is 0 Å². The maximum atomic E-state index is 11.3. The highest BCUT2D eigenvalue weighted by Gasteiger charge is 2.13. The predicted octanol–water partition coefficient (Wildman–Crippen LogP) is 2.56. The highest BCUT2D eigenvalue weighted by molar-refractivity contribution is 5.75. The molecule has 0 aromatic carbocycles. The van der Waals surface area contributed by atoms with Gasteiger partial charge in [-0.1, -0.05) is 32.1 Å². The molecule has 0 aliphatic carbocycles. The number of nitrogens with two attached hydrogens (primary N) is 1. The van der Waals surface area contributed by atoms with Crippen LogP contribution < -0.4 is 5.73 Å². The lowest BCUT2D eigenvalue weighted by Gasteiger charge is -2.09. The number of carbonyl (C=O) groups is 2. The van der Waals surface area contributed by atoms with Crippen molar-refractivity contribution < 1.29 is 19.1 Å². The topological polar surface area (TPSA) is 78.6 Å². The van der Waals surface area contributed by atoms with Gasteiger partial charge in [0.15, 0.2) is 0 Å². The Bertz CT molecular complexity index is 269. The van der Waals surface area contributed by atoms with E-state index < -0.39 is 6.04 Å². The molecule has 1 unspecified atom stereocenters. The molecule has 1 atom stereocenters. The van der Waals surface area contributed by atoms with Gasteiger partial charge in [0.1, 0.15) is 6.04 Å². The molecule has 0 aliphatic heterocycles. The summed E-state index contributed by atoms with van der Waals surface area (Å²) in [7, 11) is 0. The second-order valence-corrected chi connectivity index (χ2v) is 4.82. The Labute approximate surface area is 122 Å². The SMILES string of the molecule is CCOC(=O)CCCCCCCCC(N)C(=O)OCC. The van der Waals surface area contributed by atoms with Crippen molar-refractivity contribution in [3.8, 4) is 0 Å². The van der Waals surface area contributed by atoms with E-state index in [-0.39, 0.29) is 11.9 Å². The summed E-state index contributed by atoms with van der Waals surface area (Å²) in [6.07, 6.45) is 7.35. The third-order valence-electron chi connectivity index (χ3n) is 3.04. The quantitative estimate of drug-likeness (QED) is 0.441. The standard InChI is InChI=1S/C15H29NO4/c1-3-19-14(17)12-10-8-6-5-7-9-11-13(16)15(18)20-4-2/h13H,3-12,16H2,1-2H3. The number of ether oxygens (including phenoxy) is 2. The van der Waals surface area contributed by atoms with E-state index in [2.05, 4.69) is 0 Å². The van der Waals surface area contributed by atoms with Gasteiger partial charge in [-0.25, -0.2) is 0 Å². The highest BCUT2D eigenvalue weighted by Crippen LogP contribution is 2.10. The van der Waals surface area contributed by atoms with Gasteiger partial charge in [0.2, 0.25) is 0 Å². The summed E-state index contributed by atoms with van der Waals surface area (Å²) in [4.78, 5) is 22.4. The van der Waals surface area contributed by atoms with Crippen LogP contribution in [0.4, 0.5) is 0 Å². The molecule has 2 N–H and O–H groups in total. The van der Waals surface area contributed by atoms with E-state index in [9.17, 15) is 9.59 Å². The third-order valence-corrected chi connectivity index (χ3v) is 3.04. The lowest BCUT2D eigenvalue weighted by atomic mass is 10.1. The van der Waals surface area contributed by atoms with Gasteiger partial charge in [-0.3, -0.25) is 9.59 Å². The van der Waals surface area contributed by atoms with Crippen molar-refractivity contribution in [3.63, 3.8) is 0 Å². The number of hydrogen-bond acceptors (Lipinski definition) is 5. The Balaban J connectivity index is 3.32.